The Kier molecular flexibility index (Phi) is 7.65. The molecule has 2 aliphatic rings. The van der Waals surface area contributed by atoms with Crippen LogP contribution in [0.15, 0.2) is 48.5 Å². The second-order valence-electron chi connectivity index (χ2n) is 10.2. The molecule has 3 aromatic carbocycles. The Morgan fingerprint density at radius 1 is 0.878 bits per heavy atom. The zero-order chi connectivity index (χ0) is 29.5. The van der Waals surface area contributed by atoms with Crippen LogP contribution in [0.1, 0.15) is 44.1 Å². The average Bonchev–Trinajstić information content (AvgIpc) is 3.27. The number of rotatable bonds is 6. The summed E-state index contributed by atoms with van der Waals surface area (Å²) < 4.78 is 51.7. The maximum Gasteiger partial charge on any atom is 0.488 e. The predicted molar refractivity (Wildman–Crippen MR) is 152 cm³/mol. The van der Waals surface area contributed by atoms with E-state index in [1.54, 1.807) is 18.7 Å². The van der Waals surface area contributed by atoms with Gasteiger partial charge < -0.3 is 23.5 Å². The first-order chi connectivity index (χ1) is 19.5. The molecule has 1 aliphatic heterocycles. The first kappa shape index (κ1) is 28.4. The van der Waals surface area contributed by atoms with Crippen molar-refractivity contribution in [3.8, 4) is 16.9 Å². The number of carbonyl (C=O) groups excluding carboxylic acids is 2. The number of benzene rings is 3. The molecule has 5 rings (SSSR count). The van der Waals surface area contributed by atoms with Crippen molar-refractivity contribution in [2.24, 2.45) is 0 Å². The van der Waals surface area contributed by atoms with Crippen LogP contribution in [0.5, 0.6) is 5.75 Å². The van der Waals surface area contributed by atoms with Crippen LogP contribution in [0.3, 0.4) is 0 Å². The number of amides is 1. The summed E-state index contributed by atoms with van der Waals surface area (Å²) in [7, 11) is -4.13. The van der Waals surface area contributed by atoms with Crippen molar-refractivity contribution in [1.29, 1.82) is 0 Å². The quantitative estimate of drug-likeness (QED) is 0.294. The van der Waals surface area contributed by atoms with Gasteiger partial charge in [-0.1, -0.05) is 52.4 Å². The van der Waals surface area contributed by atoms with Crippen molar-refractivity contribution < 1.29 is 35.5 Å². The molecule has 1 amide bonds. The van der Waals surface area contributed by atoms with Crippen LogP contribution in [-0.2, 0) is 20.0 Å². The lowest BCUT2D eigenvalue weighted by molar-refractivity contribution is 0.0598. The number of carbonyl (C=O) groups is 2. The summed E-state index contributed by atoms with van der Waals surface area (Å²) in [5.41, 5.74) is 6.27. The topological polar surface area (TPSA) is 102 Å². The van der Waals surface area contributed by atoms with Crippen molar-refractivity contribution in [2.75, 3.05) is 44.8 Å². The normalized spacial score (nSPS) is 14.9. The molecule has 0 atom stereocenters. The Bertz CT molecular complexity index is 1590. The minimum Gasteiger partial charge on any atom is -0.465 e. The number of fused-ring (bicyclic) bond motifs is 3. The van der Waals surface area contributed by atoms with Gasteiger partial charge in [0.25, 0.3) is 0 Å². The number of nitrogens with zero attached hydrogens (tertiary/aromatic N) is 2. The van der Waals surface area contributed by atoms with Gasteiger partial charge in [-0.3, -0.25) is 0 Å². The molecular weight excluding hydrogens is 551 g/mol. The van der Waals surface area contributed by atoms with Crippen LogP contribution in [0.2, 0.25) is 0 Å². The Hall–Kier alpha value is -4.12. The van der Waals surface area contributed by atoms with Crippen LogP contribution in [0.25, 0.3) is 11.1 Å². The molecule has 0 radical (unpaired) electrons. The number of anilines is 1. The number of ether oxygens (including phenoxy) is 2. The largest absolute Gasteiger partial charge is 0.488 e. The van der Waals surface area contributed by atoms with E-state index in [0.717, 1.165) is 22.3 Å². The van der Waals surface area contributed by atoms with Gasteiger partial charge in [0, 0.05) is 48.9 Å². The van der Waals surface area contributed by atoms with E-state index in [0.29, 0.717) is 43.0 Å². The van der Waals surface area contributed by atoms with Gasteiger partial charge in [-0.15, -0.1) is 0 Å². The fourth-order valence-corrected chi connectivity index (χ4v) is 6.54. The van der Waals surface area contributed by atoms with E-state index in [9.17, 15) is 21.9 Å². The first-order valence-electron chi connectivity index (χ1n) is 13.2. The maximum absolute atomic E-state index is 13.6. The Morgan fingerprint density at radius 2 is 1.44 bits per heavy atom. The molecule has 0 unspecified atom stereocenters. The molecule has 1 aliphatic carbocycles. The number of halogens is 1. The highest BCUT2D eigenvalue weighted by atomic mass is 32.3. The summed E-state index contributed by atoms with van der Waals surface area (Å²) in [5, 5.41) is 0. The molecular formula is C30H31FN2O7S. The van der Waals surface area contributed by atoms with E-state index in [2.05, 4.69) is 28.4 Å². The van der Waals surface area contributed by atoms with Gasteiger partial charge in [0.1, 0.15) is 6.61 Å². The van der Waals surface area contributed by atoms with Crippen LogP contribution < -0.4 is 9.08 Å². The third kappa shape index (κ3) is 5.33. The van der Waals surface area contributed by atoms with E-state index in [4.69, 9.17) is 9.47 Å². The summed E-state index contributed by atoms with van der Waals surface area (Å²) in [4.78, 5) is 29.2. The molecule has 0 saturated carbocycles. The molecule has 0 spiro atoms. The molecule has 3 aromatic rings. The van der Waals surface area contributed by atoms with Crippen molar-refractivity contribution in [2.45, 2.75) is 26.7 Å². The van der Waals surface area contributed by atoms with Crippen LogP contribution in [0, 0.1) is 20.8 Å². The van der Waals surface area contributed by atoms with Gasteiger partial charge in [0.2, 0.25) is 0 Å². The summed E-state index contributed by atoms with van der Waals surface area (Å²) in [6, 6.07) is 16.3. The second-order valence-corrected chi connectivity index (χ2v) is 11.1. The number of methoxy groups -OCH3 is 1. The smallest absolute Gasteiger partial charge is 0.465 e. The number of hydrogen-bond donors (Lipinski definition) is 0. The fourth-order valence-electron chi connectivity index (χ4n) is 6.09. The summed E-state index contributed by atoms with van der Waals surface area (Å²) in [6.07, 6.45) is -0.424. The van der Waals surface area contributed by atoms with E-state index in [1.807, 2.05) is 29.2 Å². The summed E-state index contributed by atoms with van der Waals surface area (Å²) in [6.45, 7) is 6.41. The lowest BCUT2D eigenvalue weighted by atomic mass is 9.94. The monoisotopic (exact) mass is 582 g/mol. The lowest BCUT2D eigenvalue weighted by Gasteiger charge is -2.38. The van der Waals surface area contributed by atoms with Crippen LogP contribution in [-0.4, -0.2) is 65.3 Å². The van der Waals surface area contributed by atoms with Crippen molar-refractivity contribution in [1.82, 2.24) is 4.90 Å². The minimum absolute atomic E-state index is 0.0487. The second kappa shape index (κ2) is 11.0. The summed E-state index contributed by atoms with van der Waals surface area (Å²) in [5.74, 6) is -1.00. The van der Waals surface area contributed by atoms with Gasteiger partial charge in [-0.05, 0) is 48.6 Å². The first-order valence-corrected chi connectivity index (χ1v) is 14.5. The highest BCUT2D eigenvalue weighted by molar-refractivity contribution is 7.81. The Labute approximate surface area is 238 Å². The maximum atomic E-state index is 13.6. The standard InChI is InChI=1S/C30H31FN2O7S/c1-18-26(29(34)38-4)19(2)28(40-41(31,36)37)20(3)27(18)32-13-15-33(16-14-32)30(35)39-17-25-23-11-7-5-9-21(23)22-10-6-8-12-24(22)25/h5-12,25H,13-17H2,1-4H3. The third-order valence-corrected chi connectivity index (χ3v) is 8.27. The van der Waals surface area contributed by atoms with Crippen molar-refractivity contribution >= 4 is 28.3 Å². The molecule has 1 saturated heterocycles. The molecule has 216 valence electrons. The van der Waals surface area contributed by atoms with Crippen LogP contribution >= 0.6 is 0 Å². The van der Waals surface area contributed by atoms with E-state index in [-0.39, 0.29) is 29.4 Å². The zero-order valence-electron chi connectivity index (χ0n) is 23.3. The van der Waals surface area contributed by atoms with Gasteiger partial charge >= 0.3 is 22.6 Å². The minimum atomic E-state index is -5.34. The lowest BCUT2D eigenvalue weighted by Crippen LogP contribution is -2.49. The molecule has 1 fully saturated rings. The fraction of sp³-hybridized carbons (Fsp3) is 0.333. The van der Waals surface area contributed by atoms with Gasteiger partial charge in [-0.2, -0.15) is 8.42 Å². The van der Waals surface area contributed by atoms with Gasteiger partial charge in [-0.25, -0.2) is 9.59 Å². The zero-order valence-corrected chi connectivity index (χ0v) is 24.1. The van der Waals surface area contributed by atoms with Crippen molar-refractivity contribution in [3.05, 3.63) is 81.9 Å². The number of hydrogen-bond acceptors (Lipinski definition) is 8. The highest BCUT2D eigenvalue weighted by Gasteiger charge is 2.33. The van der Waals surface area contributed by atoms with Gasteiger partial charge in [0.05, 0.1) is 12.7 Å². The molecule has 41 heavy (non-hydrogen) atoms. The summed E-state index contributed by atoms with van der Waals surface area (Å²) >= 11 is 0. The highest BCUT2D eigenvalue weighted by Crippen LogP contribution is 2.45. The predicted octanol–water partition coefficient (Wildman–Crippen LogP) is 5.06. The molecule has 0 N–H and O–H groups in total. The third-order valence-electron chi connectivity index (χ3n) is 7.90. The van der Waals surface area contributed by atoms with Crippen LogP contribution in [0.4, 0.5) is 14.4 Å². The average molecular weight is 583 g/mol. The molecule has 11 heteroatoms. The SMILES string of the molecule is COC(=O)c1c(C)c(OS(=O)(=O)F)c(C)c(N2CCN(C(=O)OCC3c4ccccc4-c4ccccc43)CC2)c1C. The molecule has 0 bridgehead atoms. The molecule has 9 nitrogen and oxygen atoms in total. The number of piperazine rings is 1. The number of esters is 1. The van der Waals surface area contributed by atoms with Crippen molar-refractivity contribution in [3.63, 3.8) is 0 Å². The van der Waals surface area contributed by atoms with E-state index < -0.39 is 22.6 Å². The Morgan fingerprint density at radius 3 is 1.98 bits per heavy atom. The molecule has 0 aromatic heterocycles. The van der Waals surface area contributed by atoms with Gasteiger partial charge in [0.15, 0.2) is 5.75 Å². The van der Waals surface area contributed by atoms with E-state index in [1.165, 1.54) is 14.0 Å². The Balaban J connectivity index is 1.32. The molecule has 1 heterocycles. The van der Waals surface area contributed by atoms with E-state index >= 15 is 0 Å².